The number of anilines is 1. The molecule has 0 radical (unpaired) electrons. The largest absolute Gasteiger partial charge is 0.389 e. The van der Waals surface area contributed by atoms with Gasteiger partial charge >= 0.3 is 0 Å². The predicted molar refractivity (Wildman–Crippen MR) is 83.7 cm³/mol. The van der Waals surface area contributed by atoms with E-state index in [4.69, 9.17) is 0 Å². The molecule has 0 spiro atoms. The highest BCUT2D eigenvalue weighted by Crippen LogP contribution is 2.30. The van der Waals surface area contributed by atoms with Crippen molar-refractivity contribution < 1.29 is 5.11 Å². The van der Waals surface area contributed by atoms with E-state index >= 15 is 0 Å². The van der Waals surface area contributed by atoms with E-state index in [1.807, 2.05) is 37.7 Å². The first-order valence-electron chi connectivity index (χ1n) is 6.06. The van der Waals surface area contributed by atoms with E-state index in [0.29, 0.717) is 0 Å². The van der Waals surface area contributed by atoms with Crippen molar-refractivity contribution in [3.8, 4) is 0 Å². The minimum absolute atomic E-state index is 0.488. The molecule has 102 valence electrons. The summed E-state index contributed by atoms with van der Waals surface area (Å²) in [7, 11) is 2.04. The van der Waals surface area contributed by atoms with Gasteiger partial charge in [-0.25, -0.2) is 4.98 Å². The summed E-state index contributed by atoms with van der Waals surface area (Å²) >= 11 is 5.11. The maximum atomic E-state index is 9.90. The molecule has 0 aliphatic carbocycles. The Morgan fingerprint density at radius 2 is 2.21 bits per heavy atom. The number of nitrogens with zero attached hydrogens (tertiary/aromatic N) is 2. The Bertz CT molecular complexity index is 568. The van der Waals surface area contributed by atoms with Crippen LogP contribution in [0.25, 0.3) is 0 Å². The van der Waals surface area contributed by atoms with Crippen molar-refractivity contribution in [2.75, 3.05) is 11.9 Å². The molecule has 1 unspecified atom stereocenters. The Hall–Kier alpha value is -0.910. The number of hydrogen-bond acceptors (Lipinski definition) is 4. The summed E-state index contributed by atoms with van der Waals surface area (Å²) in [5.41, 5.74) is 4.92. The lowest BCUT2D eigenvalue weighted by Crippen LogP contribution is -2.18. The number of rotatable bonds is 4. The van der Waals surface area contributed by atoms with Crippen LogP contribution in [0.3, 0.4) is 0 Å². The second kappa shape index (κ2) is 6.03. The first kappa shape index (κ1) is 14.5. The van der Waals surface area contributed by atoms with Gasteiger partial charge in [0.05, 0.1) is 23.9 Å². The maximum absolute atomic E-state index is 9.90. The van der Waals surface area contributed by atoms with Crippen LogP contribution in [-0.2, 0) is 6.54 Å². The van der Waals surface area contributed by atoms with Crippen LogP contribution < -0.4 is 4.90 Å². The highest BCUT2D eigenvalue weighted by atomic mass is 79.9. The van der Waals surface area contributed by atoms with E-state index in [1.54, 1.807) is 18.3 Å². The molecule has 0 saturated carbocycles. The molecule has 3 nitrogen and oxygen atoms in total. The normalized spacial score (nSPS) is 12.5. The number of thiazole rings is 1. The van der Waals surface area contributed by atoms with Gasteiger partial charge in [0, 0.05) is 27.6 Å². The zero-order chi connectivity index (χ0) is 14.0. The number of aromatic nitrogens is 1. The van der Waals surface area contributed by atoms with Crippen molar-refractivity contribution in [3.05, 3.63) is 44.3 Å². The lowest BCUT2D eigenvalue weighted by Gasteiger charge is -2.23. The molecule has 1 heterocycles. The number of benzene rings is 1. The molecule has 0 saturated heterocycles. The Morgan fingerprint density at radius 3 is 2.79 bits per heavy atom. The lowest BCUT2D eigenvalue weighted by atomic mass is 10.1. The molecule has 1 aromatic heterocycles. The molecule has 1 atom stereocenters. The Kier molecular flexibility index (Phi) is 4.60. The van der Waals surface area contributed by atoms with Crippen LogP contribution in [-0.4, -0.2) is 17.1 Å². The average molecular weight is 341 g/mol. The van der Waals surface area contributed by atoms with Gasteiger partial charge in [-0.2, -0.15) is 0 Å². The molecule has 0 fully saturated rings. The fourth-order valence-electron chi connectivity index (χ4n) is 1.99. The summed E-state index contributed by atoms with van der Waals surface area (Å²) in [6.07, 6.45) is -0.488. The van der Waals surface area contributed by atoms with Crippen LogP contribution in [0.15, 0.2) is 28.2 Å². The molecule has 1 aromatic carbocycles. The fourth-order valence-corrected chi connectivity index (χ4v) is 3.19. The van der Waals surface area contributed by atoms with Crippen LogP contribution in [0, 0.1) is 6.92 Å². The predicted octanol–water partition coefficient (Wildman–Crippen LogP) is 3.90. The van der Waals surface area contributed by atoms with Crippen molar-refractivity contribution >= 4 is 33.0 Å². The minimum atomic E-state index is -0.488. The molecule has 0 bridgehead atoms. The van der Waals surface area contributed by atoms with Gasteiger partial charge < -0.3 is 10.0 Å². The van der Waals surface area contributed by atoms with Crippen LogP contribution in [0.4, 0.5) is 5.69 Å². The highest BCUT2D eigenvalue weighted by molar-refractivity contribution is 9.10. The molecule has 0 amide bonds. The van der Waals surface area contributed by atoms with Crippen molar-refractivity contribution in [2.45, 2.75) is 26.5 Å². The monoisotopic (exact) mass is 340 g/mol. The number of hydrogen-bond donors (Lipinski definition) is 1. The fraction of sp³-hybridized carbons (Fsp3) is 0.357. The first-order valence-corrected chi connectivity index (χ1v) is 7.74. The van der Waals surface area contributed by atoms with E-state index in [2.05, 4.69) is 25.8 Å². The Balaban J connectivity index is 2.28. The summed E-state index contributed by atoms with van der Waals surface area (Å²) < 4.78 is 0.981. The van der Waals surface area contributed by atoms with Gasteiger partial charge in [0.2, 0.25) is 0 Å². The van der Waals surface area contributed by atoms with E-state index in [9.17, 15) is 5.11 Å². The van der Waals surface area contributed by atoms with Gasteiger partial charge in [0.15, 0.2) is 0 Å². The van der Waals surface area contributed by atoms with Gasteiger partial charge in [-0.05, 0) is 32.0 Å². The zero-order valence-electron chi connectivity index (χ0n) is 11.2. The van der Waals surface area contributed by atoms with Crippen molar-refractivity contribution in [1.82, 2.24) is 4.98 Å². The first-order chi connectivity index (χ1) is 8.99. The molecule has 0 aliphatic heterocycles. The van der Waals surface area contributed by atoms with Crippen molar-refractivity contribution in [1.29, 1.82) is 0 Å². The van der Waals surface area contributed by atoms with Crippen molar-refractivity contribution in [3.63, 3.8) is 0 Å². The van der Waals surface area contributed by atoms with Crippen LogP contribution in [0.2, 0.25) is 0 Å². The summed E-state index contributed by atoms with van der Waals surface area (Å²) in [5.74, 6) is 0. The van der Waals surface area contributed by atoms with E-state index in [0.717, 1.165) is 28.0 Å². The molecule has 2 aromatic rings. The second-order valence-corrected chi connectivity index (χ2v) is 6.45. The third-order valence-electron chi connectivity index (χ3n) is 3.08. The van der Waals surface area contributed by atoms with E-state index in [1.165, 1.54) is 4.88 Å². The summed E-state index contributed by atoms with van der Waals surface area (Å²) in [4.78, 5) is 7.67. The highest BCUT2D eigenvalue weighted by Gasteiger charge is 2.14. The second-order valence-electron chi connectivity index (χ2n) is 4.60. The molecule has 1 N–H and O–H groups in total. The molecule has 19 heavy (non-hydrogen) atoms. The maximum Gasteiger partial charge on any atom is 0.0798 e. The lowest BCUT2D eigenvalue weighted by molar-refractivity contribution is 0.199. The van der Waals surface area contributed by atoms with Crippen LogP contribution >= 0.6 is 27.3 Å². The third-order valence-corrected chi connectivity index (χ3v) is 4.49. The Morgan fingerprint density at radius 1 is 1.47 bits per heavy atom. The standard InChI is InChI=1S/C14H17BrN2OS/c1-9-14(19-8-16-9)7-17(3)13-5-4-11(15)6-12(13)10(2)18/h4-6,8,10,18H,7H2,1-3H3. The van der Waals surface area contributed by atoms with E-state index < -0.39 is 6.10 Å². The summed E-state index contributed by atoms with van der Waals surface area (Å²) in [5, 5.41) is 9.90. The minimum Gasteiger partial charge on any atom is -0.389 e. The SMILES string of the molecule is Cc1ncsc1CN(C)c1ccc(Br)cc1C(C)O. The van der Waals surface area contributed by atoms with Gasteiger partial charge in [-0.3, -0.25) is 0 Å². The molecular weight excluding hydrogens is 324 g/mol. The van der Waals surface area contributed by atoms with Gasteiger partial charge in [-0.15, -0.1) is 11.3 Å². The number of aliphatic hydroxyl groups excluding tert-OH is 1. The van der Waals surface area contributed by atoms with Crippen molar-refractivity contribution in [2.24, 2.45) is 0 Å². The topological polar surface area (TPSA) is 36.4 Å². The number of halogens is 1. The quantitative estimate of drug-likeness (QED) is 0.916. The molecule has 5 heteroatoms. The number of aryl methyl sites for hydroxylation is 1. The van der Waals surface area contributed by atoms with Gasteiger partial charge in [0.25, 0.3) is 0 Å². The Labute approximate surface area is 126 Å². The van der Waals surface area contributed by atoms with Crippen LogP contribution in [0.1, 0.15) is 29.2 Å². The van der Waals surface area contributed by atoms with Gasteiger partial charge in [-0.1, -0.05) is 15.9 Å². The molecule has 0 aliphatic rings. The van der Waals surface area contributed by atoms with Crippen LogP contribution in [0.5, 0.6) is 0 Å². The van der Waals surface area contributed by atoms with E-state index in [-0.39, 0.29) is 0 Å². The molecular formula is C14H17BrN2OS. The third kappa shape index (κ3) is 3.35. The molecule has 2 rings (SSSR count). The average Bonchev–Trinajstić information content (AvgIpc) is 2.74. The number of aliphatic hydroxyl groups is 1. The smallest absolute Gasteiger partial charge is 0.0798 e. The summed E-state index contributed by atoms with van der Waals surface area (Å²) in [6, 6.07) is 6.00. The summed E-state index contributed by atoms with van der Waals surface area (Å²) in [6.45, 7) is 4.62. The van der Waals surface area contributed by atoms with Gasteiger partial charge in [0.1, 0.15) is 0 Å². The zero-order valence-corrected chi connectivity index (χ0v) is 13.6.